The molecule has 0 N–H and O–H groups in total. The minimum absolute atomic E-state index is 0.0982. The number of rotatable bonds is 4. The van der Waals surface area contributed by atoms with Crippen LogP contribution in [0.4, 0.5) is 24.8 Å². The van der Waals surface area contributed by atoms with E-state index in [1.807, 2.05) is 17.0 Å². The number of ether oxygens (including phenoxy) is 1. The van der Waals surface area contributed by atoms with Gasteiger partial charge in [0.05, 0.1) is 5.56 Å². The standard InChI is InChI=1S/C21H24F3N5O2/c22-21(23,24)31-17-7-3-2-6-16(17)20(30)29-14-12-28(13-15-29)19-9-8-18(25-26-19)27-10-4-1-5-11-27/h2-3,6-9H,1,4-5,10-15H2. The molecule has 10 heteroatoms. The fraction of sp³-hybridized carbons (Fsp3) is 0.476. The highest BCUT2D eigenvalue weighted by Gasteiger charge is 2.34. The van der Waals surface area contributed by atoms with E-state index in [2.05, 4.69) is 19.8 Å². The summed E-state index contributed by atoms with van der Waals surface area (Å²) >= 11 is 0. The Bertz CT molecular complexity index is 893. The topological polar surface area (TPSA) is 61.8 Å². The van der Waals surface area contributed by atoms with Gasteiger partial charge >= 0.3 is 6.36 Å². The molecule has 7 nitrogen and oxygen atoms in total. The molecular weight excluding hydrogens is 411 g/mol. The Hall–Kier alpha value is -3.04. The number of aromatic nitrogens is 2. The predicted octanol–water partition coefficient (Wildman–Crippen LogP) is 3.33. The third-order valence-electron chi connectivity index (χ3n) is 5.55. The van der Waals surface area contributed by atoms with Crippen molar-refractivity contribution < 1.29 is 22.7 Å². The number of alkyl halides is 3. The first-order valence-corrected chi connectivity index (χ1v) is 10.4. The van der Waals surface area contributed by atoms with E-state index in [1.165, 1.54) is 29.5 Å². The average molecular weight is 435 g/mol. The highest BCUT2D eigenvalue weighted by Crippen LogP contribution is 2.28. The van der Waals surface area contributed by atoms with E-state index in [-0.39, 0.29) is 5.56 Å². The molecule has 2 aliphatic heterocycles. The molecule has 31 heavy (non-hydrogen) atoms. The normalized spacial score (nSPS) is 17.6. The number of hydrogen-bond acceptors (Lipinski definition) is 6. The lowest BCUT2D eigenvalue weighted by Gasteiger charge is -2.35. The van der Waals surface area contributed by atoms with Gasteiger partial charge in [0.15, 0.2) is 11.6 Å². The monoisotopic (exact) mass is 435 g/mol. The van der Waals surface area contributed by atoms with Crippen LogP contribution >= 0.6 is 0 Å². The van der Waals surface area contributed by atoms with Crippen LogP contribution < -0.4 is 14.5 Å². The van der Waals surface area contributed by atoms with Crippen LogP contribution in [0.2, 0.25) is 0 Å². The highest BCUT2D eigenvalue weighted by molar-refractivity contribution is 5.97. The smallest absolute Gasteiger partial charge is 0.405 e. The molecule has 2 saturated heterocycles. The van der Waals surface area contributed by atoms with Gasteiger partial charge in [-0.1, -0.05) is 12.1 Å². The summed E-state index contributed by atoms with van der Waals surface area (Å²) in [6.07, 6.45) is -1.28. The van der Waals surface area contributed by atoms with Gasteiger partial charge in [-0.2, -0.15) is 0 Å². The number of nitrogens with zero attached hydrogens (tertiary/aromatic N) is 5. The SMILES string of the molecule is O=C(c1ccccc1OC(F)(F)F)N1CCN(c2ccc(N3CCCCC3)nn2)CC1. The van der Waals surface area contributed by atoms with Crippen molar-refractivity contribution in [3.05, 3.63) is 42.0 Å². The zero-order valence-corrected chi connectivity index (χ0v) is 17.0. The van der Waals surface area contributed by atoms with Gasteiger partial charge < -0.3 is 19.4 Å². The molecule has 2 aromatic rings. The number of anilines is 2. The number of amides is 1. The lowest BCUT2D eigenvalue weighted by atomic mass is 10.1. The zero-order valence-electron chi connectivity index (χ0n) is 17.0. The molecule has 4 rings (SSSR count). The first-order valence-electron chi connectivity index (χ1n) is 10.4. The maximum absolute atomic E-state index is 12.8. The Labute approximate surface area is 178 Å². The number of carbonyl (C=O) groups excluding carboxylic acids is 1. The molecule has 1 aromatic carbocycles. The number of para-hydroxylation sites is 1. The Morgan fingerprint density at radius 2 is 1.39 bits per heavy atom. The molecule has 0 saturated carbocycles. The summed E-state index contributed by atoms with van der Waals surface area (Å²) in [4.78, 5) is 18.6. The highest BCUT2D eigenvalue weighted by atomic mass is 19.4. The van der Waals surface area contributed by atoms with E-state index >= 15 is 0 Å². The summed E-state index contributed by atoms with van der Waals surface area (Å²) in [6, 6.07) is 9.32. The lowest BCUT2D eigenvalue weighted by Crippen LogP contribution is -2.49. The molecule has 1 amide bonds. The van der Waals surface area contributed by atoms with Gasteiger partial charge in [-0.25, -0.2) is 0 Å². The predicted molar refractivity (Wildman–Crippen MR) is 109 cm³/mol. The largest absolute Gasteiger partial charge is 0.573 e. The van der Waals surface area contributed by atoms with Crippen molar-refractivity contribution in [3.63, 3.8) is 0 Å². The molecule has 0 bridgehead atoms. The van der Waals surface area contributed by atoms with Crippen molar-refractivity contribution in [1.82, 2.24) is 15.1 Å². The minimum atomic E-state index is -4.85. The number of hydrogen-bond donors (Lipinski definition) is 0. The fourth-order valence-electron chi connectivity index (χ4n) is 3.94. The first kappa shape index (κ1) is 21.2. The summed E-state index contributed by atoms with van der Waals surface area (Å²) < 4.78 is 41.9. The van der Waals surface area contributed by atoms with E-state index in [9.17, 15) is 18.0 Å². The molecule has 3 heterocycles. The number of carbonyl (C=O) groups is 1. The van der Waals surface area contributed by atoms with Crippen molar-refractivity contribution >= 4 is 17.5 Å². The molecular formula is C21H24F3N5O2. The summed E-state index contributed by atoms with van der Waals surface area (Å²) in [5.74, 6) is 0.639. The quantitative estimate of drug-likeness (QED) is 0.734. The van der Waals surface area contributed by atoms with Crippen LogP contribution in [0, 0.1) is 0 Å². The van der Waals surface area contributed by atoms with E-state index in [0.29, 0.717) is 26.2 Å². The average Bonchev–Trinajstić information content (AvgIpc) is 2.79. The van der Waals surface area contributed by atoms with Gasteiger partial charge in [0.25, 0.3) is 5.91 Å². The van der Waals surface area contributed by atoms with Crippen molar-refractivity contribution in [3.8, 4) is 5.75 Å². The number of piperidine rings is 1. The number of piperazine rings is 1. The van der Waals surface area contributed by atoms with Crippen molar-refractivity contribution in [2.24, 2.45) is 0 Å². The van der Waals surface area contributed by atoms with Crippen LogP contribution in [0.5, 0.6) is 5.75 Å². The maximum Gasteiger partial charge on any atom is 0.573 e. The second kappa shape index (κ2) is 8.99. The molecule has 166 valence electrons. The van der Waals surface area contributed by atoms with Crippen molar-refractivity contribution in [2.75, 3.05) is 49.1 Å². The Morgan fingerprint density at radius 3 is 1.97 bits per heavy atom. The van der Waals surface area contributed by atoms with Crippen LogP contribution in [0.15, 0.2) is 36.4 Å². The molecule has 2 fully saturated rings. The van der Waals surface area contributed by atoms with Gasteiger partial charge in [-0.05, 0) is 43.5 Å². The van der Waals surface area contributed by atoms with Crippen LogP contribution in [0.1, 0.15) is 29.6 Å². The van der Waals surface area contributed by atoms with Crippen LogP contribution in [0.3, 0.4) is 0 Å². The second-order valence-electron chi connectivity index (χ2n) is 7.62. The molecule has 0 atom stereocenters. The second-order valence-corrected chi connectivity index (χ2v) is 7.62. The minimum Gasteiger partial charge on any atom is -0.405 e. The van der Waals surface area contributed by atoms with E-state index in [0.717, 1.165) is 43.6 Å². The first-order chi connectivity index (χ1) is 14.9. The molecule has 0 spiro atoms. The van der Waals surface area contributed by atoms with Gasteiger partial charge in [0, 0.05) is 39.3 Å². The summed E-state index contributed by atoms with van der Waals surface area (Å²) in [5, 5.41) is 8.70. The summed E-state index contributed by atoms with van der Waals surface area (Å²) in [6.45, 7) is 3.77. The number of benzene rings is 1. The summed E-state index contributed by atoms with van der Waals surface area (Å²) in [7, 11) is 0. The van der Waals surface area contributed by atoms with Gasteiger partial charge in [-0.15, -0.1) is 23.4 Å². The third-order valence-corrected chi connectivity index (χ3v) is 5.55. The van der Waals surface area contributed by atoms with E-state index in [4.69, 9.17) is 0 Å². The number of halogens is 3. The van der Waals surface area contributed by atoms with Gasteiger partial charge in [-0.3, -0.25) is 4.79 Å². The van der Waals surface area contributed by atoms with Crippen molar-refractivity contribution in [2.45, 2.75) is 25.6 Å². The van der Waals surface area contributed by atoms with E-state index in [1.54, 1.807) is 0 Å². The van der Waals surface area contributed by atoms with Crippen LogP contribution in [-0.4, -0.2) is 66.6 Å². The molecule has 0 unspecified atom stereocenters. The zero-order chi connectivity index (χ0) is 21.8. The molecule has 1 aromatic heterocycles. The molecule has 0 aliphatic carbocycles. The summed E-state index contributed by atoms with van der Waals surface area (Å²) in [5.41, 5.74) is -0.0982. The fourth-order valence-corrected chi connectivity index (χ4v) is 3.94. The van der Waals surface area contributed by atoms with Crippen molar-refractivity contribution in [1.29, 1.82) is 0 Å². The van der Waals surface area contributed by atoms with Gasteiger partial charge in [0.1, 0.15) is 5.75 Å². The van der Waals surface area contributed by atoms with Crippen LogP contribution in [0.25, 0.3) is 0 Å². The Morgan fingerprint density at radius 1 is 0.806 bits per heavy atom. The Kier molecular flexibility index (Phi) is 6.15. The Balaban J connectivity index is 1.37. The molecule has 0 radical (unpaired) electrons. The lowest BCUT2D eigenvalue weighted by molar-refractivity contribution is -0.274. The van der Waals surface area contributed by atoms with Gasteiger partial charge in [0.2, 0.25) is 0 Å². The third kappa shape index (κ3) is 5.18. The maximum atomic E-state index is 12.8. The van der Waals surface area contributed by atoms with Crippen LogP contribution in [-0.2, 0) is 0 Å². The molecule has 2 aliphatic rings. The van der Waals surface area contributed by atoms with E-state index < -0.39 is 18.0 Å².